The van der Waals surface area contributed by atoms with E-state index in [1.807, 2.05) is 19.1 Å². The van der Waals surface area contributed by atoms with Crippen LogP contribution in [0.25, 0.3) is 0 Å². The molecule has 0 fully saturated rings. The second kappa shape index (κ2) is 6.88. The number of aromatic amines is 1. The van der Waals surface area contributed by atoms with Crippen LogP contribution in [0.3, 0.4) is 0 Å². The van der Waals surface area contributed by atoms with Gasteiger partial charge in [0, 0.05) is 12.1 Å². The van der Waals surface area contributed by atoms with Gasteiger partial charge in [-0.25, -0.2) is 9.98 Å². The molecule has 0 bridgehead atoms. The van der Waals surface area contributed by atoms with E-state index in [1.54, 1.807) is 0 Å². The number of hydrogen-bond donors (Lipinski definition) is 3. The fourth-order valence-electron chi connectivity index (χ4n) is 1.89. The Hall–Kier alpha value is -2.37. The second-order valence-corrected chi connectivity index (χ2v) is 5.16. The number of aliphatic imine (C=N–C) groups is 1. The van der Waals surface area contributed by atoms with E-state index < -0.39 is 0 Å². The highest BCUT2D eigenvalue weighted by Crippen LogP contribution is 2.18. The summed E-state index contributed by atoms with van der Waals surface area (Å²) in [6.07, 6.45) is 0.802. The highest BCUT2D eigenvalue weighted by molar-refractivity contribution is 5.92. The topological polar surface area (TPSA) is 92.0 Å². The van der Waals surface area contributed by atoms with E-state index >= 15 is 0 Å². The number of hydrogen-bond acceptors (Lipinski definition) is 3. The zero-order valence-corrected chi connectivity index (χ0v) is 12.7. The van der Waals surface area contributed by atoms with Gasteiger partial charge < -0.3 is 11.1 Å². The minimum atomic E-state index is 0.366. The number of anilines is 1. The third-order valence-corrected chi connectivity index (χ3v) is 3.12. The van der Waals surface area contributed by atoms with E-state index in [4.69, 9.17) is 5.73 Å². The largest absolute Gasteiger partial charge is 0.370 e. The number of guanidine groups is 1. The summed E-state index contributed by atoms with van der Waals surface area (Å²) in [6.45, 7) is 6.71. The normalized spacial score (nSPS) is 11.9. The van der Waals surface area contributed by atoms with Crippen molar-refractivity contribution >= 4 is 11.6 Å². The molecule has 0 amide bonds. The van der Waals surface area contributed by atoms with Crippen LogP contribution in [0, 0.1) is 0 Å². The summed E-state index contributed by atoms with van der Waals surface area (Å²) in [6, 6.07) is 8.16. The smallest absolute Gasteiger partial charge is 0.193 e. The van der Waals surface area contributed by atoms with Crippen LogP contribution in [0.5, 0.6) is 0 Å². The number of nitrogens with one attached hydrogen (secondary N) is 2. The summed E-state index contributed by atoms with van der Waals surface area (Å²) in [5.74, 6) is 2.35. The molecule has 21 heavy (non-hydrogen) atoms. The van der Waals surface area contributed by atoms with Crippen LogP contribution in [-0.2, 0) is 13.0 Å². The Balaban J connectivity index is 1.98. The molecular formula is C15H22N6. The molecule has 1 heterocycles. The van der Waals surface area contributed by atoms with Crippen molar-refractivity contribution in [3.8, 4) is 0 Å². The van der Waals surface area contributed by atoms with Gasteiger partial charge >= 0.3 is 0 Å². The first-order valence-electron chi connectivity index (χ1n) is 7.15. The molecule has 0 aliphatic rings. The molecule has 2 rings (SSSR count). The van der Waals surface area contributed by atoms with E-state index in [-0.39, 0.29) is 0 Å². The van der Waals surface area contributed by atoms with Crippen molar-refractivity contribution in [1.29, 1.82) is 0 Å². The lowest BCUT2D eigenvalue weighted by molar-refractivity contribution is 0.867. The Bertz CT molecular complexity index is 614. The Morgan fingerprint density at radius 1 is 1.43 bits per heavy atom. The van der Waals surface area contributed by atoms with Crippen LogP contribution in [0.15, 0.2) is 29.3 Å². The third-order valence-electron chi connectivity index (χ3n) is 3.12. The highest BCUT2D eigenvalue weighted by atomic mass is 15.2. The first-order chi connectivity index (χ1) is 10.1. The Kier molecular flexibility index (Phi) is 4.92. The van der Waals surface area contributed by atoms with E-state index in [0.717, 1.165) is 17.9 Å². The van der Waals surface area contributed by atoms with Crippen LogP contribution < -0.4 is 11.1 Å². The molecule has 1 aromatic carbocycles. The van der Waals surface area contributed by atoms with E-state index in [1.165, 1.54) is 5.56 Å². The molecule has 0 spiro atoms. The van der Waals surface area contributed by atoms with Crippen molar-refractivity contribution in [3.63, 3.8) is 0 Å². The molecule has 2 aromatic rings. The fraction of sp³-hybridized carbons (Fsp3) is 0.400. The van der Waals surface area contributed by atoms with Gasteiger partial charge in [-0.1, -0.05) is 32.9 Å². The lowest BCUT2D eigenvalue weighted by Crippen LogP contribution is -2.22. The van der Waals surface area contributed by atoms with Crippen molar-refractivity contribution in [2.24, 2.45) is 10.7 Å². The lowest BCUT2D eigenvalue weighted by atomic mass is 10.0. The molecule has 0 aliphatic carbocycles. The summed E-state index contributed by atoms with van der Waals surface area (Å²) in [7, 11) is 0. The van der Waals surface area contributed by atoms with E-state index in [9.17, 15) is 0 Å². The fourth-order valence-corrected chi connectivity index (χ4v) is 1.89. The quantitative estimate of drug-likeness (QED) is 0.581. The summed E-state index contributed by atoms with van der Waals surface area (Å²) in [5.41, 5.74) is 8.09. The van der Waals surface area contributed by atoms with Gasteiger partial charge in [-0.15, -0.1) is 0 Å². The maximum atomic E-state index is 5.90. The van der Waals surface area contributed by atoms with Gasteiger partial charge in [0.15, 0.2) is 11.8 Å². The Morgan fingerprint density at radius 3 is 2.90 bits per heavy atom. The maximum Gasteiger partial charge on any atom is 0.193 e. The summed E-state index contributed by atoms with van der Waals surface area (Å²) >= 11 is 0. The van der Waals surface area contributed by atoms with Crippen molar-refractivity contribution in [1.82, 2.24) is 15.2 Å². The van der Waals surface area contributed by atoms with E-state index in [0.29, 0.717) is 24.2 Å². The number of nitrogens with two attached hydrogens (primary N) is 1. The standard InChI is InChI=1S/C15H22N6/c1-4-13-19-14(21-20-13)9-17-15(16)18-12-7-5-6-11(8-12)10(2)3/h5-8,10H,4,9H2,1-3H3,(H3,16,17,18)(H,19,20,21). The minimum Gasteiger partial charge on any atom is -0.370 e. The molecule has 112 valence electrons. The molecule has 0 atom stereocenters. The Labute approximate surface area is 124 Å². The van der Waals surface area contributed by atoms with Crippen molar-refractivity contribution < 1.29 is 0 Å². The molecule has 0 aliphatic heterocycles. The average Bonchev–Trinajstić information content (AvgIpc) is 2.93. The number of aryl methyl sites for hydroxylation is 1. The monoisotopic (exact) mass is 286 g/mol. The first kappa shape index (κ1) is 15.0. The number of aromatic nitrogens is 3. The van der Waals surface area contributed by atoms with E-state index in [2.05, 4.69) is 51.5 Å². The highest BCUT2D eigenvalue weighted by Gasteiger charge is 2.02. The SMILES string of the molecule is CCc1n[nH]c(CN=C(N)Nc2cccc(C(C)C)c2)n1. The number of nitrogens with zero attached hydrogens (tertiary/aromatic N) is 3. The minimum absolute atomic E-state index is 0.366. The predicted molar refractivity (Wildman–Crippen MR) is 85.2 cm³/mol. The number of rotatable bonds is 5. The van der Waals surface area contributed by atoms with Gasteiger partial charge in [0.05, 0.1) is 0 Å². The molecule has 0 radical (unpaired) electrons. The van der Waals surface area contributed by atoms with Crippen molar-refractivity contribution in [2.45, 2.75) is 39.7 Å². The lowest BCUT2D eigenvalue weighted by Gasteiger charge is -2.09. The molecule has 6 heteroatoms. The number of benzene rings is 1. The molecular weight excluding hydrogens is 264 g/mol. The number of H-pyrrole nitrogens is 1. The molecule has 0 unspecified atom stereocenters. The molecule has 0 saturated carbocycles. The van der Waals surface area contributed by atoms with Gasteiger partial charge in [-0.2, -0.15) is 5.10 Å². The van der Waals surface area contributed by atoms with Crippen LogP contribution in [0.2, 0.25) is 0 Å². The van der Waals surface area contributed by atoms with Gasteiger partial charge in [-0.3, -0.25) is 5.10 Å². The summed E-state index contributed by atoms with van der Waals surface area (Å²) in [4.78, 5) is 8.55. The van der Waals surface area contributed by atoms with Crippen LogP contribution in [0.1, 0.15) is 43.9 Å². The predicted octanol–water partition coefficient (Wildman–Crippen LogP) is 2.42. The summed E-state index contributed by atoms with van der Waals surface area (Å²) in [5, 5.41) is 10.0. The van der Waals surface area contributed by atoms with Crippen LogP contribution in [0.4, 0.5) is 5.69 Å². The van der Waals surface area contributed by atoms with Crippen LogP contribution >= 0.6 is 0 Å². The van der Waals surface area contributed by atoms with Gasteiger partial charge in [0.25, 0.3) is 0 Å². The van der Waals surface area contributed by atoms with Gasteiger partial charge in [0.2, 0.25) is 0 Å². The van der Waals surface area contributed by atoms with Crippen LogP contribution in [-0.4, -0.2) is 21.1 Å². The van der Waals surface area contributed by atoms with Crippen molar-refractivity contribution in [2.75, 3.05) is 5.32 Å². The second-order valence-electron chi connectivity index (χ2n) is 5.16. The van der Waals surface area contributed by atoms with Gasteiger partial charge in [0.1, 0.15) is 12.4 Å². The average molecular weight is 286 g/mol. The zero-order chi connectivity index (χ0) is 15.2. The molecule has 6 nitrogen and oxygen atoms in total. The first-order valence-corrected chi connectivity index (χ1v) is 7.15. The van der Waals surface area contributed by atoms with Gasteiger partial charge in [-0.05, 0) is 23.6 Å². The third kappa shape index (κ3) is 4.30. The summed E-state index contributed by atoms with van der Waals surface area (Å²) < 4.78 is 0. The zero-order valence-electron chi connectivity index (χ0n) is 12.7. The van der Waals surface area contributed by atoms with Crippen molar-refractivity contribution in [3.05, 3.63) is 41.5 Å². The molecule has 1 aromatic heterocycles. The molecule has 4 N–H and O–H groups in total. The molecule has 0 saturated heterocycles. The Morgan fingerprint density at radius 2 is 2.24 bits per heavy atom. The maximum absolute atomic E-state index is 5.90.